The standard InChI is InChI=1S/C27H23F7/c1-2-3-4-6-14-9-11-16(25(32)22(14)29)15-10-12-17-19(13-15)26(33)27(34)21(24(17)31)18-7-5-8-20(28)23(18)30/h5,7-9,11,15H,2-4,6,10,12-13H2,1H3. The highest BCUT2D eigenvalue weighted by Crippen LogP contribution is 2.42. The van der Waals surface area contributed by atoms with Gasteiger partial charge in [0.15, 0.2) is 34.9 Å². The first-order valence-corrected chi connectivity index (χ1v) is 11.4. The van der Waals surface area contributed by atoms with Crippen LogP contribution in [-0.2, 0) is 19.3 Å². The molecule has 0 saturated heterocycles. The van der Waals surface area contributed by atoms with Crippen molar-refractivity contribution in [2.24, 2.45) is 0 Å². The van der Waals surface area contributed by atoms with Crippen LogP contribution in [0.2, 0.25) is 0 Å². The number of hydrogen-bond donors (Lipinski definition) is 0. The average Bonchev–Trinajstić information content (AvgIpc) is 2.83. The first kappa shape index (κ1) is 24.3. The number of halogens is 7. The van der Waals surface area contributed by atoms with Crippen LogP contribution in [-0.4, -0.2) is 0 Å². The van der Waals surface area contributed by atoms with E-state index in [1.54, 1.807) is 0 Å². The lowest BCUT2D eigenvalue weighted by Gasteiger charge is -2.27. The van der Waals surface area contributed by atoms with Gasteiger partial charge in [-0.15, -0.1) is 0 Å². The van der Waals surface area contributed by atoms with Gasteiger partial charge in [-0.3, -0.25) is 0 Å². The van der Waals surface area contributed by atoms with E-state index < -0.39 is 57.8 Å². The van der Waals surface area contributed by atoms with E-state index in [2.05, 4.69) is 0 Å². The number of benzene rings is 3. The van der Waals surface area contributed by atoms with Gasteiger partial charge < -0.3 is 0 Å². The summed E-state index contributed by atoms with van der Waals surface area (Å²) < 4.78 is 102. The molecule has 0 aliphatic heterocycles. The average molecular weight is 480 g/mol. The van der Waals surface area contributed by atoms with Gasteiger partial charge >= 0.3 is 0 Å². The quantitative estimate of drug-likeness (QED) is 0.189. The maximum atomic E-state index is 15.2. The molecular weight excluding hydrogens is 457 g/mol. The lowest BCUT2D eigenvalue weighted by molar-refractivity contribution is 0.440. The van der Waals surface area contributed by atoms with E-state index >= 15 is 8.78 Å². The van der Waals surface area contributed by atoms with Crippen LogP contribution in [0.4, 0.5) is 30.7 Å². The molecule has 0 fully saturated rings. The van der Waals surface area contributed by atoms with Gasteiger partial charge in [-0.1, -0.05) is 44.0 Å². The molecule has 34 heavy (non-hydrogen) atoms. The highest BCUT2D eigenvalue weighted by atomic mass is 19.2. The summed E-state index contributed by atoms with van der Waals surface area (Å²) in [5.74, 6) is -9.66. The molecule has 0 saturated carbocycles. The van der Waals surface area contributed by atoms with Crippen LogP contribution >= 0.6 is 0 Å². The van der Waals surface area contributed by atoms with Gasteiger partial charge in [0, 0.05) is 5.56 Å². The second-order valence-corrected chi connectivity index (χ2v) is 8.71. The zero-order valence-corrected chi connectivity index (χ0v) is 18.6. The Labute approximate surface area is 193 Å². The Bertz CT molecular complexity index is 1230. The molecule has 0 amide bonds. The highest BCUT2D eigenvalue weighted by Gasteiger charge is 2.33. The molecule has 1 aliphatic carbocycles. The van der Waals surface area contributed by atoms with Crippen molar-refractivity contribution in [3.05, 3.63) is 93.3 Å². The van der Waals surface area contributed by atoms with Gasteiger partial charge in [-0.05, 0) is 66.3 Å². The van der Waals surface area contributed by atoms with E-state index in [4.69, 9.17) is 0 Å². The second kappa shape index (κ2) is 9.80. The summed E-state index contributed by atoms with van der Waals surface area (Å²) in [5, 5.41) is 0. The summed E-state index contributed by atoms with van der Waals surface area (Å²) in [6.45, 7) is 2.00. The zero-order valence-electron chi connectivity index (χ0n) is 18.6. The van der Waals surface area contributed by atoms with E-state index in [1.807, 2.05) is 6.92 Å². The van der Waals surface area contributed by atoms with Crippen LogP contribution < -0.4 is 0 Å². The maximum absolute atomic E-state index is 15.2. The fraction of sp³-hybridized carbons (Fsp3) is 0.333. The van der Waals surface area contributed by atoms with Crippen molar-refractivity contribution in [3.8, 4) is 11.1 Å². The number of aryl methyl sites for hydroxylation is 1. The molecular formula is C27H23F7. The molecule has 3 aromatic carbocycles. The Hall–Kier alpha value is -2.83. The van der Waals surface area contributed by atoms with Crippen molar-refractivity contribution in [3.63, 3.8) is 0 Å². The van der Waals surface area contributed by atoms with Crippen molar-refractivity contribution in [2.45, 2.75) is 57.8 Å². The molecule has 0 heterocycles. The predicted molar refractivity (Wildman–Crippen MR) is 116 cm³/mol. The second-order valence-electron chi connectivity index (χ2n) is 8.71. The first-order chi connectivity index (χ1) is 16.3. The molecule has 0 nitrogen and oxygen atoms in total. The monoisotopic (exact) mass is 480 g/mol. The fourth-order valence-corrected chi connectivity index (χ4v) is 4.77. The summed E-state index contributed by atoms with van der Waals surface area (Å²) in [5.41, 5.74) is -1.85. The molecule has 0 spiro atoms. The van der Waals surface area contributed by atoms with Crippen LogP contribution in [0.1, 0.15) is 60.8 Å². The summed E-state index contributed by atoms with van der Waals surface area (Å²) >= 11 is 0. The minimum absolute atomic E-state index is 0.0304. The molecule has 0 aromatic heterocycles. The SMILES string of the molecule is CCCCCc1ccc(C2CCc3c(F)c(-c4cccc(F)c4F)c(F)c(F)c3C2)c(F)c1F. The van der Waals surface area contributed by atoms with Crippen molar-refractivity contribution in [1.82, 2.24) is 0 Å². The summed E-state index contributed by atoms with van der Waals surface area (Å²) in [6.07, 6.45) is 2.77. The summed E-state index contributed by atoms with van der Waals surface area (Å²) in [7, 11) is 0. The van der Waals surface area contributed by atoms with Crippen molar-refractivity contribution < 1.29 is 30.7 Å². The van der Waals surface area contributed by atoms with Gasteiger partial charge in [-0.25, -0.2) is 30.7 Å². The minimum Gasteiger partial charge on any atom is -0.206 e. The van der Waals surface area contributed by atoms with E-state index in [1.165, 1.54) is 12.1 Å². The molecule has 0 N–H and O–H groups in total. The first-order valence-electron chi connectivity index (χ1n) is 11.4. The molecule has 3 aromatic rings. The lowest BCUT2D eigenvalue weighted by Crippen LogP contribution is -2.19. The largest absolute Gasteiger partial charge is 0.206 e. The van der Waals surface area contributed by atoms with Crippen molar-refractivity contribution in [2.75, 3.05) is 0 Å². The fourth-order valence-electron chi connectivity index (χ4n) is 4.77. The molecule has 0 radical (unpaired) electrons. The van der Waals surface area contributed by atoms with Gasteiger partial charge in [0.25, 0.3) is 0 Å². The summed E-state index contributed by atoms with van der Waals surface area (Å²) in [4.78, 5) is 0. The lowest BCUT2D eigenvalue weighted by atomic mass is 9.78. The third kappa shape index (κ3) is 4.21. The third-order valence-corrected chi connectivity index (χ3v) is 6.62. The highest BCUT2D eigenvalue weighted by molar-refractivity contribution is 5.68. The predicted octanol–water partition coefficient (Wildman–Crippen LogP) is 8.33. The van der Waals surface area contributed by atoms with E-state index in [0.717, 1.165) is 37.5 Å². The third-order valence-electron chi connectivity index (χ3n) is 6.62. The van der Waals surface area contributed by atoms with Crippen LogP contribution in [0, 0.1) is 40.7 Å². The smallest absolute Gasteiger partial charge is 0.169 e. The number of fused-ring (bicyclic) bond motifs is 1. The van der Waals surface area contributed by atoms with Gasteiger partial charge in [-0.2, -0.15) is 0 Å². The zero-order chi connectivity index (χ0) is 24.6. The normalized spacial score (nSPS) is 15.5. The Morgan fingerprint density at radius 1 is 0.735 bits per heavy atom. The van der Waals surface area contributed by atoms with Gasteiger partial charge in [0.05, 0.1) is 5.56 Å². The molecule has 1 atom stereocenters. The Morgan fingerprint density at radius 2 is 1.50 bits per heavy atom. The Balaban J connectivity index is 1.70. The van der Waals surface area contributed by atoms with Gasteiger partial charge in [0.1, 0.15) is 5.82 Å². The molecule has 1 aliphatic rings. The van der Waals surface area contributed by atoms with Crippen LogP contribution in [0.15, 0.2) is 30.3 Å². The van der Waals surface area contributed by atoms with E-state index in [9.17, 15) is 22.0 Å². The van der Waals surface area contributed by atoms with Crippen LogP contribution in [0.3, 0.4) is 0 Å². The van der Waals surface area contributed by atoms with Crippen molar-refractivity contribution >= 4 is 0 Å². The number of hydrogen-bond acceptors (Lipinski definition) is 0. The van der Waals surface area contributed by atoms with E-state index in [-0.39, 0.29) is 41.5 Å². The van der Waals surface area contributed by atoms with Crippen molar-refractivity contribution in [1.29, 1.82) is 0 Å². The molecule has 1 unspecified atom stereocenters. The minimum atomic E-state index is -1.64. The molecule has 7 heteroatoms. The maximum Gasteiger partial charge on any atom is 0.169 e. The summed E-state index contributed by atoms with van der Waals surface area (Å²) in [6, 6.07) is 5.79. The van der Waals surface area contributed by atoms with Gasteiger partial charge in [0.2, 0.25) is 0 Å². The number of rotatable bonds is 6. The number of unbranched alkanes of at least 4 members (excludes halogenated alkanes) is 2. The Kier molecular flexibility index (Phi) is 7.01. The topological polar surface area (TPSA) is 0 Å². The van der Waals surface area contributed by atoms with Crippen LogP contribution in [0.5, 0.6) is 0 Å². The molecule has 0 bridgehead atoms. The molecule has 180 valence electrons. The van der Waals surface area contributed by atoms with Crippen LogP contribution in [0.25, 0.3) is 11.1 Å². The van der Waals surface area contributed by atoms with E-state index in [0.29, 0.717) is 6.42 Å². The Morgan fingerprint density at radius 3 is 2.24 bits per heavy atom. The molecule has 4 rings (SSSR count).